The van der Waals surface area contributed by atoms with Crippen LogP contribution in [0.4, 0.5) is 11.4 Å². The van der Waals surface area contributed by atoms with E-state index in [1.165, 1.54) is 0 Å². The average Bonchev–Trinajstić information content (AvgIpc) is 2.37. The molecular formula is C14H19Cl2N3O. The highest BCUT2D eigenvalue weighted by molar-refractivity contribution is 6.33. The third kappa shape index (κ3) is 3.78. The maximum Gasteiger partial charge on any atom is 0.115 e. The molecule has 0 amide bonds. The van der Waals surface area contributed by atoms with Gasteiger partial charge < -0.3 is 15.4 Å². The molecule has 6 heteroatoms. The Labute approximate surface area is 129 Å². The van der Waals surface area contributed by atoms with Crippen LogP contribution in [0.2, 0.25) is 5.02 Å². The molecule has 110 valence electrons. The van der Waals surface area contributed by atoms with Crippen LogP contribution >= 0.6 is 23.2 Å². The van der Waals surface area contributed by atoms with Gasteiger partial charge in [0, 0.05) is 13.1 Å². The molecule has 2 atom stereocenters. The van der Waals surface area contributed by atoms with E-state index in [-0.39, 0.29) is 18.1 Å². The number of hydrogen-bond donors (Lipinski definition) is 1. The first kappa shape index (κ1) is 15.4. The summed E-state index contributed by atoms with van der Waals surface area (Å²) in [5.41, 5.74) is 7.33. The first-order chi connectivity index (χ1) is 9.49. The summed E-state index contributed by atoms with van der Waals surface area (Å²) >= 11 is 12.0. The highest BCUT2D eigenvalue weighted by Crippen LogP contribution is 2.31. The number of ether oxygens (including phenoxy) is 1. The van der Waals surface area contributed by atoms with Crippen LogP contribution < -0.4 is 10.6 Å². The standard InChI is InChI=1S/C14H19Cl2N3O/c1-9-7-19(8-10(2)20-9)13-4-3-11(5-12(13)16)18-14(17)6-15/h3-5,9-10H,6-8H2,1-2H3,(H2,17,18). The van der Waals surface area contributed by atoms with Crippen molar-refractivity contribution in [2.75, 3.05) is 23.9 Å². The summed E-state index contributed by atoms with van der Waals surface area (Å²) in [4.78, 5) is 6.43. The average molecular weight is 316 g/mol. The van der Waals surface area contributed by atoms with Crippen molar-refractivity contribution in [3.05, 3.63) is 23.2 Å². The molecule has 0 aliphatic carbocycles. The van der Waals surface area contributed by atoms with Crippen LogP contribution in [0.5, 0.6) is 0 Å². The van der Waals surface area contributed by atoms with Gasteiger partial charge in [0.1, 0.15) is 5.84 Å². The number of nitrogens with zero attached hydrogens (tertiary/aromatic N) is 2. The van der Waals surface area contributed by atoms with Crippen LogP contribution in [-0.4, -0.2) is 37.0 Å². The van der Waals surface area contributed by atoms with E-state index in [0.29, 0.717) is 16.5 Å². The molecule has 1 saturated heterocycles. The molecule has 1 heterocycles. The second-order valence-electron chi connectivity index (χ2n) is 5.03. The summed E-state index contributed by atoms with van der Waals surface area (Å²) in [5, 5.41) is 0.662. The first-order valence-corrected chi connectivity index (χ1v) is 7.49. The highest BCUT2D eigenvalue weighted by atomic mass is 35.5. The Balaban J connectivity index is 2.21. The molecule has 2 N–H and O–H groups in total. The van der Waals surface area contributed by atoms with E-state index in [9.17, 15) is 0 Å². The van der Waals surface area contributed by atoms with E-state index >= 15 is 0 Å². The number of rotatable bonds is 3. The Morgan fingerprint density at radius 1 is 1.40 bits per heavy atom. The molecule has 2 unspecified atom stereocenters. The number of morpholine rings is 1. The monoisotopic (exact) mass is 315 g/mol. The lowest BCUT2D eigenvalue weighted by Crippen LogP contribution is -2.45. The highest BCUT2D eigenvalue weighted by Gasteiger charge is 2.23. The summed E-state index contributed by atoms with van der Waals surface area (Å²) in [6, 6.07) is 5.67. The number of hydrogen-bond acceptors (Lipinski definition) is 3. The number of amidine groups is 1. The van der Waals surface area contributed by atoms with Gasteiger partial charge in [-0.25, -0.2) is 4.99 Å². The lowest BCUT2D eigenvalue weighted by atomic mass is 10.2. The summed E-state index contributed by atoms with van der Waals surface area (Å²) in [6.07, 6.45) is 0.388. The molecule has 1 aliphatic heterocycles. The van der Waals surface area contributed by atoms with E-state index in [1.807, 2.05) is 12.1 Å². The fraction of sp³-hybridized carbons (Fsp3) is 0.500. The maximum atomic E-state index is 6.36. The van der Waals surface area contributed by atoms with Crippen molar-refractivity contribution in [1.82, 2.24) is 0 Å². The fourth-order valence-electron chi connectivity index (χ4n) is 2.39. The molecule has 1 aromatic rings. The Morgan fingerprint density at radius 3 is 2.60 bits per heavy atom. The Bertz CT molecular complexity index is 497. The zero-order valence-electron chi connectivity index (χ0n) is 11.6. The zero-order chi connectivity index (χ0) is 14.7. The molecule has 0 bridgehead atoms. The van der Waals surface area contributed by atoms with Crippen molar-refractivity contribution < 1.29 is 4.74 Å². The van der Waals surface area contributed by atoms with E-state index in [0.717, 1.165) is 18.8 Å². The quantitative estimate of drug-likeness (QED) is 0.529. The molecule has 1 aromatic carbocycles. The molecule has 1 fully saturated rings. The van der Waals surface area contributed by atoms with Gasteiger partial charge >= 0.3 is 0 Å². The maximum absolute atomic E-state index is 6.36. The van der Waals surface area contributed by atoms with E-state index in [2.05, 4.69) is 23.7 Å². The van der Waals surface area contributed by atoms with Crippen molar-refractivity contribution in [3.8, 4) is 0 Å². The minimum Gasteiger partial charge on any atom is -0.386 e. The third-order valence-corrected chi connectivity index (χ3v) is 3.68. The molecule has 4 nitrogen and oxygen atoms in total. The molecule has 1 aliphatic rings. The number of aliphatic imine (C=N–C) groups is 1. The predicted molar refractivity (Wildman–Crippen MR) is 85.7 cm³/mol. The number of nitrogens with two attached hydrogens (primary N) is 1. The van der Waals surface area contributed by atoms with Crippen LogP contribution in [0.15, 0.2) is 23.2 Å². The third-order valence-electron chi connectivity index (χ3n) is 3.10. The molecule has 2 rings (SSSR count). The fourth-order valence-corrected chi connectivity index (χ4v) is 2.75. The number of anilines is 1. The first-order valence-electron chi connectivity index (χ1n) is 6.58. The summed E-state index contributed by atoms with van der Waals surface area (Å²) in [7, 11) is 0. The van der Waals surface area contributed by atoms with Crippen LogP contribution in [0.3, 0.4) is 0 Å². The van der Waals surface area contributed by atoms with E-state index in [1.54, 1.807) is 6.07 Å². The Kier molecular flexibility index (Phi) is 5.13. The van der Waals surface area contributed by atoms with Crippen LogP contribution in [0.1, 0.15) is 13.8 Å². The lowest BCUT2D eigenvalue weighted by molar-refractivity contribution is -0.00520. The molecule has 0 radical (unpaired) electrons. The van der Waals surface area contributed by atoms with Crippen LogP contribution in [0.25, 0.3) is 0 Å². The smallest absolute Gasteiger partial charge is 0.115 e. The second-order valence-corrected chi connectivity index (χ2v) is 5.71. The van der Waals surface area contributed by atoms with Crippen LogP contribution in [0, 0.1) is 0 Å². The van der Waals surface area contributed by atoms with Gasteiger partial charge in [0.2, 0.25) is 0 Å². The van der Waals surface area contributed by atoms with Crippen molar-refractivity contribution >= 4 is 40.4 Å². The van der Waals surface area contributed by atoms with Crippen LogP contribution in [-0.2, 0) is 4.74 Å². The van der Waals surface area contributed by atoms with E-state index < -0.39 is 0 Å². The van der Waals surface area contributed by atoms with Gasteiger partial charge in [0.15, 0.2) is 0 Å². The lowest BCUT2D eigenvalue weighted by Gasteiger charge is -2.37. The van der Waals surface area contributed by atoms with Gasteiger partial charge in [-0.15, -0.1) is 11.6 Å². The van der Waals surface area contributed by atoms with Gasteiger partial charge in [0.05, 0.1) is 34.5 Å². The number of alkyl halides is 1. The normalized spacial score (nSPS) is 24.0. The molecular weight excluding hydrogens is 297 g/mol. The van der Waals surface area contributed by atoms with E-state index in [4.69, 9.17) is 33.7 Å². The molecule has 0 aromatic heterocycles. The van der Waals surface area contributed by atoms with Gasteiger partial charge in [-0.2, -0.15) is 0 Å². The summed E-state index contributed by atoms with van der Waals surface area (Å²) in [5.74, 6) is 0.585. The number of halogens is 2. The van der Waals surface area contributed by atoms with Crippen molar-refractivity contribution in [3.63, 3.8) is 0 Å². The van der Waals surface area contributed by atoms with Gasteiger partial charge in [0.25, 0.3) is 0 Å². The summed E-state index contributed by atoms with van der Waals surface area (Å²) < 4.78 is 5.73. The van der Waals surface area contributed by atoms with Crippen molar-refractivity contribution in [2.45, 2.75) is 26.1 Å². The predicted octanol–water partition coefficient (Wildman–Crippen LogP) is 3.18. The second kappa shape index (κ2) is 6.66. The largest absolute Gasteiger partial charge is 0.386 e. The molecule has 20 heavy (non-hydrogen) atoms. The van der Waals surface area contributed by atoms with Crippen molar-refractivity contribution in [1.29, 1.82) is 0 Å². The number of benzene rings is 1. The Hall–Kier alpha value is -0.970. The van der Waals surface area contributed by atoms with Gasteiger partial charge in [-0.3, -0.25) is 0 Å². The SMILES string of the molecule is CC1CN(c2ccc(N=C(N)CCl)cc2Cl)CC(C)O1. The summed E-state index contributed by atoms with van der Waals surface area (Å²) in [6.45, 7) is 5.79. The zero-order valence-corrected chi connectivity index (χ0v) is 13.2. The topological polar surface area (TPSA) is 50.8 Å². The minimum absolute atomic E-state index is 0.194. The molecule has 0 spiro atoms. The van der Waals surface area contributed by atoms with Gasteiger partial charge in [-0.05, 0) is 32.0 Å². The van der Waals surface area contributed by atoms with Gasteiger partial charge in [-0.1, -0.05) is 11.6 Å². The minimum atomic E-state index is 0.194. The molecule has 0 saturated carbocycles. The Morgan fingerprint density at radius 2 is 2.05 bits per heavy atom. The van der Waals surface area contributed by atoms with Crippen molar-refractivity contribution in [2.24, 2.45) is 10.7 Å².